The van der Waals surface area contributed by atoms with E-state index in [1.807, 2.05) is 48.5 Å². The summed E-state index contributed by atoms with van der Waals surface area (Å²) >= 11 is 3.32. The van der Waals surface area contributed by atoms with E-state index in [1.165, 1.54) is 11.8 Å². The van der Waals surface area contributed by atoms with Crippen molar-refractivity contribution in [1.82, 2.24) is 10.3 Å². The number of hydrogen-bond acceptors (Lipinski definition) is 6. The smallest absolute Gasteiger partial charge is 0.328 e. The Morgan fingerprint density at radius 3 is 2.64 bits per heavy atom. The van der Waals surface area contributed by atoms with Gasteiger partial charge in [-0.05, 0) is 24.1 Å². The highest BCUT2D eigenvalue weighted by Crippen LogP contribution is 2.29. The first-order valence-electron chi connectivity index (χ1n) is 9.05. The Balaban J connectivity index is 1.45. The standard InChI is InChI=1S/C21H22N2O3S2/c1-26-20(25)17(14-15-8-3-2-4-9-15)22-19(24)12-7-13-27-21-23-16-10-5-6-11-18(16)28-21/h2-6,8-11,17H,7,12-14H2,1H3,(H,22,24)/t17-/m1/s1. The van der Waals surface area contributed by atoms with Gasteiger partial charge in [0.05, 0.1) is 17.3 Å². The third-order valence-electron chi connectivity index (χ3n) is 4.15. The summed E-state index contributed by atoms with van der Waals surface area (Å²) in [6.45, 7) is 0. The molecule has 146 valence electrons. The molecular weight excluding hydrogens is 392 g/mol. The lowest BCUT2D eigenvalue weighted by Crippen LogP contribution is -2.43. The molecule has 1 amide bonds. The number of hydrogen-bond donors (Lipinski definition) is 1. The largest absolute Gasteiger partial charge is 0.467 e. The lowest BCUT2D eigenvalue weighted by Gasteiger charge is -2.16. The maximum absolute atomic E-state index is 12.3. The van der Waals surface area contributed by atoms with Crippen molar-refractivity contribution >= 4 is 45.2 Å². The molecule has 0 bridgehead atoms. The second-order valence-corrected chi connectivity index (χ2v) is 8.61. The van der Waals surface area contributed by atoms with Crippen LogP contribution in [0.25, 0.3) is 10.2 Å². The number of para-hydroxylation sites is 1. The van der Waals surface area contributed by atoms with Crippen molar-refractivity contribution in [2.75, 3.05) is 12.9 Å². The second kappa shape index (κ2) is 10.2. The van der Waals surface area contributed by atoms with Crippen LogP contribution >= 0.6 is 23.1 Å². The number of amides is 1. The van der Waals surface area contributed by atoms with E-state index >= 15 is 0 Å². The van der Waals surface area contributed by atoms with E-state index in [1.54, 1.807) is 23.1 Å². The molecule has 0 aliphatic rings. The molecule has 0 saturated heterocycles. The highest BCUT2D eigenvalue weighted by molar-refractivity contribution is 8.01. The fourth-order valence-corrected chi connectivity index (χ4v) is 4.84. The summed E-state index contributed by atoms with van der Waals surface area (Å²) in [5.41, 5.74) is 1.99. The Kier molecular flexibility index (Phi) is 7.45. The zero-order valence-corrected chi connectivity index (χ0v) is 17.2. The van der Waals surface area contributed by atoms with Gasteiger partial charge in [0, 0.05) is 18.6 Å². The second-order valence-electron chi connectivity index (χ2n) is 6.23. The summed E-state index contributed by atoms with van der Waals surface area (Å²) in [6.07, 6.45) is 1.49. The number of benzene rings is 2. The Bertz CT molecular complexity index is 895. The van der Waals surface area contributed by atoms with E-state index in [0.29, 0.717) is 19.3 Å². The van der Waals surface area contributed by atoms with Crippen molar-refractivity contribution < 1.29 is 14.3 Å². The molecule has 7 heteroatoms. The van der Waals surface area contributed by atoms with Gasteiger partial charge in [-0.3, -0.25) is 4.79 Å². The minimum Gasteiger partial charge on any atom is -0.467 e. The first kappa shape index (κ1) is 20.4. The number of thiazole rings is 1. The zero-order valence-electron chi connectivity index (χ0n) is 15.6. The molecule has 0 aliphatic heterocycles. The van der Waals surface area contributed by atoms with Gasteiger partial charge in [0.1, 0.15) is 6.04 Å². The van der Waals surface area contributed by atoms with Gasteiger partial charge in [-0.1, -0.05) is 54.2 Å². The molecule has 5 nitrogen and oxygen atoms in total. The van der Waals surface area contributed by atoms with Crippen LogP contribution in [0.5, 0.6) is 0 Å². The van der Waals surface area contributed by atoms with Crippen LogP contribution in [0.2, 0.25) is 0 Å². The number of thioether (sulfide) groups is 1. The normalized spacial score (nSPS) is 11.9. The fraction of sp³-hybridized carbons (Fsp3) is 0.286. The summed E-state index contributed by atoms with van der Waals surface area (Å²) in [7, 11) is 1.33. The molecule has 0 unspecified atom stereocenters. The SMILES string of the molecule is COC(=O)[C@@H](Cc1ccccc1)NC(=O)CCCSc1nc2ccccc2s1. The third kappa shape index (κ3) is 5.81. The Morgan fingerprint density at radius 2 is 1.89 bits per heavy atom. The molecule has 3 aromatic rings. The molecule has 1 aromatic heterocycles. The van der Waals surface area contributed by atoms with Crippen molar-refractivity contribution in [3.05, 3.63) is 60.2 Å². The topological polar surface area (TPSA) is 68.3 Å². The Morgan fingerprint density at radius 1 is 1.14 bits per heavy atom. The highest BCUT2D eigenvalue weighted by atomic mass is 32.2. The van der Waals surface area contributed by atoms with Crippen LogP contribution < -0.4 is 5.32 Å². The number of rotatable bonds is 9. The predicted molar refractivity (Wildman–Crippen MR) is 114 cm³/mol. The summed E-state index contributed by atoms with van der Waals surface area (Å²) in [6, 6.07) is 17.0. The lowest BCUT2D eigenvalue weighted by molar-refractivity contribution is -0.145. The van der Waals surface area contributed by atoms with Crippen molar-refractivity contribution in [3.63, 3.8) is 0 Å². The van der Waals surface area contributed by atoms with E-state index < -0.39 is 12.0 Å². The number of fused-ring (bicyclic) bond motifs is 1. The van der Waals surface area contributed by atoms with Gasteiger partial charge in [-0.25, -0.2) is 9.78 Å². The van der Waals surface area contributed by atoms with Crippen LogP contribution in [0.3, 0.4) is 0 Å². The molecule has 0 radical (unpaired) electrons. The number of carbonyl (C=O) groups is 2. The molecule has 0 spiro atoms. The molecule has 1 atom stereocenters. The van der Waals surface area contributed by atoms with Gasteiger partial charge in [-0.2, -0.15) is 0 Å². The van der Waals surface area contributed by atoms with Gasteiger partial charge in [0.25, 0.3) is 0 Å². The number of aromatic nitrogens is 1. The zero-order chi connectivity index (χ0) is 19.8. The van der Waals surface area contributed by atoms with Crippen LogP contribution in [0.4, 0.5) is 0 Å². The molecule has 2 aromatic carbocycles. The van der Waals surface area contributed by atoms with Crippen LogP contribution in [0.1, 0.15) is 18.4 Å². The predicted octanol–water partition coefficient (Wildman–Crippen LogP) is 4.07. The number of ether oxygens (including phenoxy) is 1. The van der Waals surface area contributed by atoms with Gasteiger partial charge in [-0.15, -0.1) is 11.3 Å². The van der Waals surface area contributed by atoms with Gasteiger partial charge in [0.2, 0.25) is 5.91 Å². The minimum absolute atomic E-state index is 0.142. The summed E-state index contributed by atoms with van der Waals surface area (Å²) in [5.74, 6) is 0.228. The van der Waals surface area contributed by atoms with Crippen molar-refractivity contribution in [2.45, 2.75) is 29.6 Å². The van der Waals surface area contributed by atoms with E-state index in [4.69, 9.17) is 4.74 Å². The lowest BCUT2D eigenvalue weighted by atomic mass is 10.1. The van der Waals surface area contributed by atoms with Crippen LogP contribution in [-0.4, -0.2) is 35.8 Å². The maximum Gasteiger partial charge on any atom is 0.328 e. The number of carbonyl (C=O) groups excluding carboxylic acids is 2. The van der Waals surface area contributed by atoms with Crippen molar-refractivity contribution in [3.8, 4) is 0 Å². The first-order valence-corrected chi connectivity index (χ1v) is 10.9. The fourth-order valence-electron chi connectivity index (χ4n) is 2.76. The van der Waals surface area contributed by atoms with E-state index in [-0.39, 0.29) is 5.91 Å². The van der Waals surface area contributed by atoms with Crippen LogP contribution in [0, 0.1) is 0 Å². The summed E-state index contributed by atoms with van der Waals surface area (Å²) in [4.78, 5) is 28.9. The maximum atomic E-state index is 12.3. The van der Waals surface area contributed by atoms with Gasteiger partial charge in [0.15, 0.2) is 4.34 Å². The summed E-state index contributed by atoms with van der Waals surface area (Å²) < 4.78 is 7.02. The van der Waals surface area contributed by atoms with Crippen LogP contribution in [-0.2, 0) is 20.7 Å². The molecule has 0 fully saturated rings. The molecule has 28 heavy (non-hydrogen) atoms. The number of nitrogens with one attached hydrogen (secondary N) is 1. The molecule has 1 heterocycles. The number of nitrogens with zero attached hydrogens (tertiary/aromatic N) is 1. The monoisotopic (exact) mass is 414 g/mol. The number of esters is 1. The van der Waals surface area contributed by atoms with Gasteiger partial charge >= 0.3 is 5.97 Å². The van der Waals surface area contributed by atoms with Gasteiger partial charge < -0.3 is 10.1 Å². The third-order valence-corrected chi connectivity index (χ3v) is 6.42. The minimum atomic E-state index is -0.670. The quantitative estimate of drug-likeness (QED) is 0.325. The average Bonchev–Trinajstić information content (AvgIpc) is 3.14. The summed E-state index contributed by atoms with van der Waals surface area (Å²) in [5, 5.41) is 2.80. The Hall–Kier alpha value is -2.38. The Labute approximate surface area is 172 Å². The van der Waals surface area contributed by atoms with E-state index in [9.17, 15) is 9.59 Å². The highest BCUT2D eigenvalue weighted by Gasteiger charge is 2.21. The molecule has 0 aliphatic carbocycles. The van der Waals surface area contributed by atoms with Crippen LogP contribution in [0.15, 0.2) is 58.9 Å². The molecular formula is C21H22N2O3S2. The van der Waals surface area contributed by atoms with E-state index in [2.05, 4.69) is 16.4 Å². The average molecular weight is 415 g/mol. The van der Waals surface area contributed by atoms with Crippen molar-refractivity contribution in [2.24, 2.45) is 0 Å². The number of methoxy groups -OCH3 is 1. The molecule has 1 N–H and O–H groups in total. The first-order chi connectivity index (χ1) is 13.7. The van der Waals surface area contributed by atoms with E-state index in [0.717, 1.165) is 21.2 Å². The molecule has 0 saturated carbocycles. The molecule has 3 rings (SSSR count). The van der Waals surface area contributed by atoms with Crippen molar-refractivity contribution in [1.29, 1.82) is 0 Å².